The first kappa shape index (κ1) is 16.9. The number of nitrogens with two attached hydrogens (primary N) is 1. The Labute approximate surface area is 129 Å². The molecule has 110 valence electrons. The molecule has 21 heavy (non-hydrogen) atoms. The lowest BCUT2D eigenvalue weighted by atomic mass is 10.1. The average Bonchev–Trinajstić information content (AvgIpc) is 2.46. The Hall–Kier alpha value is -2.17. The van der Waals surface area contributed by atoms with Gasteiger partial charge in [-0.05, 0) is 38.1 Å². The van der Waals surface area contributed by atoms with Crippen molar-refractivity contribution in [1.82, 2.24) is 5.01 Å². The summed E-state index contributed by atoms with van der Waals surface area (Å²) in [6.45, 7) is 3.85. The van der Waals surface area contributed by atoms with E-state index in [4.69, 9.17) is 5.84 Å². The summed E-state index contributed by atoms with van der Waals surface area (Å²) >= 11 is 0. The van der Waals surface area contributed by atoms with Gasteiger partial charge in [0.15, 0.2) is 0 Å². The molecule has 2 amide bonds. The van der Waals surface area contributed by atoms with Crippen LogP contribution in [0.4, 0.5) is 0 Å². The van der Waals surface area contributed by atoms with Crippen LogP contribution in [-0.2, 0) is 0 Å². The summed E-state index contributed by atoms with van der Waals surface area (Å²) < 4.78 is 0. The Morgan fingerprint density at radius 3 is 1.33 bits per heavy atom. The van der Waals surface area contributed by atoms with Crippen molar-refractivity contribution in [2.75, 3.05) is 0 Å². The predicted molar refractivity (Wildman–Crippen MR) is 84.3 cm³/mol. The topological polar surface area (TPSA) is 63.4 Å². The number of carbonyl (C=O) groups excluding carboxylic acids is 2. The van der Waals surface area contributed by atoms with Gasteiger partial charge in [0.25, 0.3) is 11.8 Å². The number of amides is 2. The third kappa shape index (κ3) is 3.90. The lowest BCUT2D eigenvalue weighted by molar-refractivity contribution is 0.0615. The van der Waals surface area contributed by atoms with Gasteiger partial charge in [0.05, 0.1) is 0 Å². The Balaban J connectivity index is 0.00000220. The van der Waals surface area contributed by atoms with E-state index in [1.807, 2.05) is 13.8 Å². The second-order valence-corrected chi connectivity index (χ2v) is 4.71. The summed E-state index contributed by atoms with van der Waals surface area (Å²) in [5, 5.41) is 0.648. The lowest BCUT2D eigenvalue weighted by Gasteiger charge is -2.15. The molecule has 0 fully saturated rings. The van der Waals surface area contributed by atoms with E-state index >= 15 is 0 Å². The van der Waals surface area contributed by atoms with Crippen molar-refractivity contribution in [3.8, 4) is 0 Å². The molecule has 0 spiro atoms. The van der Waals surface area contributed by atoms with Gasteiger partial charge in [0.2, 0.25) is 0 Å². The molecule has 2 aromatic carbocycles. The van der Waals surface area contributed by atoms with E-state index in [0.717, 1.165) is 11.1 Å². The van der Waals surface area contributed by atoms with Gasteiger partial charge < -0.3 is 0 Å². The summed E-state index contributed by atoms with van der Waals surface area (Å²) in [6.07, 6.45) is 0. The van der Waals surface area contributed by atoms with Crippen molar-refractivity contribution < 1.29 is 9.59 Å². The molecule has 0 aliphatic rings. The lowest BCUT2D eigenvalue weighted by Crippen LogP contribution is -2.42. The van der Waals surface area contributed by atoms with Crippen molar-refractivity contribution in [2.24, 2.45) is 5.84 Å². The summed E-state index contributed by atoms with van der Waals surface area (Å²) in [7, 11) is 0. The van der Waals surface area contributed by atoms with Gasteiger partial charge in [0.1, 0.15) is 0 Å². The molecule has 4 nitrogen and oxygen atoms in total. The number of aryl methyl sites for hydroxylation is 2. The minimum atomic E-state index is -0.518. The van der Waals surface area contributed by atoms with Gasteiger partial charge >= 0.3 is 0 Å². The highest BCUT2D eigenvalue weighted by atomic mass is 35.5. The van der Waals surface area contributed by atoms with Crippen LogP contribution >= 0.6 is 12.4 Å². The maximum Gasteiger partial charge on any atom is 0.275 e. The van der Waals surface area contributed by atoms with Crippen LogP contribution in [0.2, 0.25) is 0 Å². The number of hydrogen-bond acceptors (Lipinski definition) is 3. The predicted octanol–water partition coefficient (Wildman–Crippen LogP) is 2.88. The molecule has 0 aliphatic carbocycles. The molecule has 0 atom stereocenters. The summed E-state index contributed by atoms with van der Waals surface area (Å²) in [5.41, 5.74) is 2.85. The number of rotatable bonds is 2. The highest BCUT2D eigenvalue weighted by Gasteiger charge is 2.20. The van der Waals surface area contributed by atoms with Gasteiger partial charge in [-0.3, -0.25) is 9.59 Å². The first-order valence-electron chi connectivity index (χ1n) is 6.26. The Morgan fingerprint density at radius 1 is 0.762 bits per heavy atom. The molecular formula is C16H17ClN2O2. The largest absolute Gasteiger partial charge is 0.275 e. The van der Waals surface area contributed by atoms with E-state index in [0.29, 0.717) is 16.1 Å². The molecule has 0 saturated carbocycles. The molecule has 0 aliphatic heterocycles. The van der Waals surface area contributed by atoms with E-state index in [2.05, 4.69) is 0 Å². The van der Waals surface area contributed by atoms with Crippen molar-refractivity contribution in [3.05, 3.63) is 70.8 Å². The van der Waals surface area contributed by atoms with Crippen LogP contribution in [0.25, 0.3) is 0 Å². The summed E-state index contributed by atoms with van der Waals surface area (Å²) in [5.74, 6) is 4.60. The molecule has 0 aromatic heterocycles. The van der Waals surface area contributed by atoms with Crippen molar-refractivity contribution in [2.45, 2.75) is 13.8 Å². The molecule has 0 bridgehead atoms. The zero-order valence-electron chi connectivity index (χ0n) is 11.9. The minimum absolute atomic E-state index is 0. The molecule has 5 heteroatoms. The van der Waals surface area contributed by atoms with Gasteiger partial charge in [-0.15, -0.1) is 12.4 Å². The molecular weight excluding hydrogens is 288 g/mol. The number of carbonyl (C=O) groups is 2. The summed E-state index contributed by atoms with van der Waals surface area (Å²) in [6, 6.07) is 13.8. The van der Waals surface area contributed by atoms with Crippen LogP contribution in [0.3, 0.4) is 0 Å². The zero-order chi connectivity index (χ0) is 14.7. The molecule has 2 aromatic rings. The fraction of sp³-hybridized carbons (Fsp3) is 0.125. The first-order chi connectivity index (χ1) is 9.49. The first-order valence-corrected chi connectivity index (χ1v) is 6.26. The number of hydrogen-bond donors (Lipinski definition) is 1. The molecule has 0 heterocycles. The van der Waals surface area contributed by atoms with Gasteiger partial charge in [-0.2, -0.15) is 0 Å². The van der Waals surface area contributed by atoms with Crippen molar-refractivity contribution >= 4 is 24.2 Å². The molecule has 0 saturated heterocycles. The van der Waals surface area contributed by atoms with Crippen LogP contribution in [0.15, 0.2) is 48.5 Å². The van der Waals surface area contributed by atoms with E-state index in [-0.39, 0.29) is 12.4 Å². The standard InChI is InChI=1S/C16H16N2O2.ClH/c1-11-3-7-13(8-4-11)15(19)18(17)16(20)14-9-5-12(2)6-10-14;/h3-10H,17H2,1-2H3;1H. The molecule has 2 rings (SSSR count). The zero-order valence-corrected chi connectivity index (χ0v) is 12.7. The van der Waals surface area contributed by atoms with Crippen LogP contribution in [0.1, 0.15) is 31.8 Å². The smallest absolute Gasteiger partial charge is 0.267 e. The molecule has 0 unspecified atom stereocenters. The number of imide groups is 1. The minimum Gasteiger partial charge on any atom is -0.267 e. The summed E-state index contributed by atoms with van der Waals surface area (Å²) in [4.78, 5) is 24.2. The Kier molecular flexibility index (Phi) is 5.64. The maximum atomic E-state index is 12.1. The second kappa shape index (κ2) is 7.02. The van der Waals surface area contributed by atoms with Crippen molar-refractivity contribution in [3.63, 3.8) is 0 Å². The average molecular weight is 305 g/mol. The molecule has 0 radical (unpaired) electrons. The third-order valence-corrected chi connectivity index (χ3v) is 3.03. The number of hydrazine groups is 1. The third-order valence-electron chi connectivity index (χ3n) is 3.03. The highest BCUT2D eigenvalue weighted by molar-refractivity contribution is 6.09. The van der Waals surface area contributed by atoms with E-state index in [1.165, 1.54) is 0 Å². The monoisotopic (exact) mass is 304 g/mol. The van der Waals surface area contributed by atoms with E-state index in [1.54, 1.807) is 48.5 Å². The number of nitrogens with zero attached hydrogens (tertiary/aromatic N) is 1. The normalized spacial score (nSPS) is 9.67. The second-order valence-electron chi connectivity index (χ2n) is 4.71. The van der Waals surface area contributed by atoms with Crippen molar-refractivity contribution in [1.29, 1.82) is 0 Å². The fourth-order valence-corrected chi connectivity index (χ4v) is 1.76. The Bertz CT molecular complexity index is 579. The van der Waals surface area contributed by atoms with Crippen LogP contribution in [0, 0.1) is 13.8 Å². The molecule has 2 N–H and O–H groups in total. The van der Waals surface area contributed by atoms with E-state index < -0.39 is 11.8 Å². The van der Waals surface area contributed by atoms with Gasteiger partial charge in [-0.1, -0.05) is 35.4 Å². The maximum absolute atomic E-state index is 12.1. The number of halogens is 1. The highest BCUT2D eigenvalue weighted by Crippen LogP contribution is 2.09. The van der Waals surface area contributed by atoms with Gasteiger partial charge in [0, 0.05) is 11.1 Å². The van der Waals surface area contributed by atoms with Crippen LogP contribution in [0.5, 0.6) is 0 Å². The Morgan fingerprint density at radius 2 is 1.05 bits per heavy atom. The van der Waals surface area contributed by atoms with Crippen LogP contribution < -0.4 is 5.84 Å². The SMILES string of the molecule is Cc1ccc(C(=O)N(N)C(=O)c2ccc(C)cc2)cc1.Cl. The van der Waals surface area contributed by atoms with Crippen LogP contribution in [-0.4, -0.2) is 16.8 Å². The fourth-order valence-electron chi connectivity index (χ4n) is 1.76. The number of benzene rings is 2. The van der Waals surface area contributed by atoms with Gasteiger partial charge in [-0.25, -0.2) is 10.9 Å². The quantitative estimate of drug-likeness (QED) is 0.401. The van der Waals surface area contributed by atoms with E-state index in [9.17, 15) is 9.59 Å².